The van der Waals surface area contributed by atoms with Gasteiger partial charge in [-0.2, -0.15) is 0 Å². The van der Waals surface area contributed by atoms with Gasteiger partial charge in [0.1, 0.15) is 6.54 Å². The van der Waals surface area contributed by atoms with Crippen molar-refractivity contribution in [2.75, 3.05) is 19.6 Å². The summed E-state index contributed by atoms with van der Waals surface area (Å²) >= 11 is 0. The molecule has 1 rings (SSSR count). The SMILES string of the molecule is C=CCN(CC(=O)N1CCCCC1CC)C(C)=O. The fraction of sp³-hybridized carbons (Fsp3) is 0.714. The molecule has 0 aromatic rings. The van der Waals surface area contributed by atoms with Gasteiger partial charge in [-0.05, 0) is 25.7 Å². The molecule has 0 aromatic carbocycles. The molecule has 4 nitrogen and oxygen atoms in total. The van der Waals surface area contributed by atoms with E-state index in [1.807, 2.05) is 4.90 Å². The maximum absolute atomic E-state index is 12.3. The minimum absolute atomic E-state index is 0.0681. The largest absolute Gasteiger partial charge is 0.338 e. The Bertz CT molecular complexity index is 315. The summed E-state index contributed by atoms with van der Waals surface area (Å²) in [5.41, 5.74) is 0. The molecule has 102 valence electrons. The molecule has 1 fully saturated rings. The predicted molar refractivity (Wildman–Crippen MR) is 72.1 cm³/mol. The van der Waals surface area contributed by atoms with Crippen molar-refractivity contribution in [3.8, 4) is 0 Å². The molecule has 2 amide bonds. The number of amides is 2. The molecule has 0 N–H and O–H groups in total. The average molecular weight is 252 g/mol. The zero-order chi connectivity index (χ0) is 13.5. The Labute approximate surface area is 110 Å². The molecule has 0 saturated carbocycles. The van der Waals surface area contributed by atoms with E-state index in [1.165, 1.54) is 18.2 Å². The van der Waals surface area contributed by atoms with Gasteiger partial charge in [-0.15, -0.1) is 6.58 Å². The van der Waals surface area contributed by atoms with Gasteiger partial charge in [0.05, 0.1) is 0 Å². The maximum atomic E-state index is 12.3. The van der Waals surface area contributed by atoms with Crippen LogP contribution in [0.3, 0.4) is 0 Å². The first kappa shape index (κ1) is 14.7. The topological polar surface area (TPSA) is 40.6 Å². The molecule has 1 unspecified atom stereocenters. The number of carbonyl (C=O) groups excluding carboxylic acids is 2. The maximum Gasteiger partial charge on any atom is 0.242 e. The lowest BCUT2D eigenvalue weighted by Crippen LogP contribution is -2.48. The van der Waals surface area contributed by atoms with E-state index in [1.54, 1.807) is 6.08 Å². The van der Waals surface area contributed by atoms with Crippen LogP contribution in [0.4, 0.5) is 0 Å². The van der Waals surface area contributed by atoms with Crippen LogP contribution in [0.1, 0.15) is 39.5 Å². The first-order valence-corrected chi connectivity index (χ1v) is 6.76. The van der Waals surface area contributed by atoms with Crippen LogP contribution in [0, 0.1) is 0 Å². The van der Waals surface area contributed by atoms with Gasteiger partial charge in [-0.25, -0.2) is 0 Å². The molecule has 0 aliphatic carbocycles. The van der Waals surface area contributed by atoms with Crippen LogP contribution in [0.15, 0.2) is 12.7 Å². The van der Waals surface area contributed by atoms with Crippen molar-refractivity contribution in [3.63, 3.8) is 0 Å². The van der Waals surface area contributed by atoms with Gasteiger partial charge in [0.25, 0.3) is 0 Å². The third-order valence-electron chi connectivity index (χ3n) is 3.54. The highest BCUT2D eigenvalue weighted by Crippen LogP contribution is 2.19. The van der Waals surface area contributed by atoms with E-state index in [9.17, 15) is 9.59 Å². The number of carbonyl (C=O) groups is 2. The second kappa shape index (κ2) is 7.19. The summed E-state index contributed by atoms with van der Waals surface area (Å²) in [6.45, 7) is 8.66. The Hall–Kier alpha value is -1.32. The molecule has 18 heavy (non-hydrogen) atoms. The number of nitrogens with zero attached hydrogens (tertiary/aromatic N) is 2. The number of piperidine rings is 1. The summed E-state index contributed by atoms with van der Waals surface area (Å²) in [4.78, 5) is 27.2. The zero-order valence-corrected chi connectivity index (χ0v) is 11.5. The van der Waals surface area contributed by atoms with Gasteiger partial charge in [-0.1, -0.05) is 13.0 Å². The number of hydrogen-bond acceptors (Lipinski definition) is 2. The highest BCUT2D eigenvalue weighted by Gasteiger charge is 2.26. The fourth-order valence-electron chi connectivity index (χ4n) is 2.47. The molecular formula is C14H24N2O2. The Morgan fingerprint density at radius 2 is 2.17 bits per heavy atom. The Morgan fingerprint density at radius 1 is 1.44 bits per heavy atom. The van der Waals surface area contributed by atoms with E-state index in [2.05, 4.69) is 13.5 Å². The van der Waals surface area contributed by atoms with E-state index in [0.717, 1.165) is 25.8 Å². The van der Waals surface area contributed by atoms with Crippen molar-refractivity contribution in [3.05, 3.63) is 12.7 Å². The molecule has 0 aromatic heterocycles. The highest BCUT2D eigenvalue weighted by atomic mass is 16.2. The molecular weight excluding hydrogens is 228 g/mol. The van der Waals surface area contributed by atoms with Gasteiger partial charge < -0.3 is 9.80 Å². The average Bonchev–Trinajstić information content (AvgIpc) is 2.37. The van der Waals surface area contributed by atoms with Crippen LogP contribution in [0.2, 0.25) is 0 Å². The molecule has 1 aliphatic heterocycles. The summed E-state index contributed by atoms with van der Waals surface area (Å²) in [5, 5.41) is 0. The second-order valence-electron chi connectivity index (χ2n) is 4.83. The summed E-state index contributed by atoms with van der Waals surface area (Å²) in [6.07, 6.45) is 6.01. The predicted octanol–water partition coefficient (Wildman–Crippen LogP) is 1.81. The highest BCUT2D eigenvalue weighted by molar-refractivity contribution is 5.84. The third-order valence-corrected chi connectivity index (χ3v) is 3.54. The van der Waals surface area contributed by atoms with E-state index in [0.29, 0.717) is 12.6 Å². The van der Waals surface area contributed by atoms with Gasteiger partial charge in [-0.3, -0.25) is 9.59 Å². The number of likely N-dealkylation sites (tertiary alicyclic amines) is 1. The lowest BCUT2D eigenvalue weighted by Gasteiger charge is -2.36. The van der Waals surface area contributed by atoms with Crippen LogP contribution >= 0.6 is 0 Å². The summed E-state index contributed by atoms with van der Waals surface area (Å²) in [6, 6.07) is 0.351. The molecule has 0 spiro atoms. The Morgan fingerprint density at radius 3 is 2.72 bits per heavy atom. The lowest BCUT2D eigenvalue weighted by molar-refractivity contribution is -0.141. The van der Waals surface area contributed by atoms with Crippen LogP contribution < -0.4 is 0 Å². The molecule has 1 aliphatic rings. The monoisotopic (exact) mass is 252 g/mol. The van der Waals surface area contributed by atoms with Gasteiger partial charge in [0.15, 0.2) is 0 Å². The Balaban J connectivity index is 2.61. The van der Waals surface area contributed by atoms with E-state index >= 15 is 0 Å². The molecule has 1 atom stereocenters. The number of rotatable bonds is 5. The molecule has 4 heteroatoms. The smallest absolute Gasteiger partial charge is 0.242 e. The minimum atomic E-state index is -0.0756. The molecule has 1 saturated heterocycles. The molecule has 0 bridgehead atoms. The van der Waals surface area contributed by atoms with Gasteiger partial charge in [0, 0.05) is 26.1 Å². The summed E-state index contributed by atoms with van der Waals surface area (Å²) < 4.78 is 0. The second-order valence-corrected chi connectivity index (χ2v) is 4.83. The van der Waals surface area contributed by atoms with Crippen molar-refractivity contribution in [1.82, 2.24) is 9.80 Å². The van der Waals surface area contributed by atoms with E-state index in [4.69, 9.17) is 0 Å². The minimum Gasteiger partial charge on any atom is -0.338 e. The summed E-state index contributed by atoms with van der Waals surface area (Å²) in [5.74, 6) is -0.00749. The lowest BCUT2D eigenvalue weighted by atomic mass is 10.00. The van der Waals surface area contributed by atoms with Crippen molar-refractivity contribution < 1.29 is 9.59 Å². The zero-order valence-electron chi connectivity index (χ0n) is 11.5. The molecule has 1 heterocycles. The Kier molecular flexibility index (Phi) is 5.89. The van der Waals surface area contributed by atoms with E-state index in [-0.39, 0.29) is 18.4 Å². The van der Waals surface area contributed by atoms with Crippen molar-refractivity contribution in [2.45, 2.75) is 45.6 Å². The van der Waals surface area contributed by atoms with Crippen LogP contribution in [-0.4, -0.2) is 47.3 Å². The quantitative estimate of drug-likeness (QED) is 0.700. The van der Waals surface area contributed by atoms with Gasteiger partial charge in [0.2, 0.25) is 11.8 Å². The van der Waals surface area contributed by atoms with Crippen LogP contribution in [0.5, 0.6) is 0 Å². The van der Waals surface area contributed by atoms with Crippen molar-refractivity contribution in [2.24, 2.45) is 0 Å². The van der Waals surface area contributed by atoms with Crippen LogP contribution in [-0.2, 0) is 9.59 Å². The number of hydrogen-bond donors (Lipinski definition) is 0. The fourth-order valence-corrected chi connectivity index (χ4v) is 2.47. The first-order chi connectivity index (χ1) is 8.60. The van der Waals surface area contributed by atoms with Crippen molar-refractivity contribution in [1.29, 1.82) is 0 Å². The van der Waals surface area contributed by atoms with Crippen molar-refractivity contribution >= 4 is 11.8 Å². The first-order valence-electron chi connectivity index (χ1n) is 6.76. The summed E-state index contributed by atoms with van der Waals surface area (Å²) in [7, 11) is 0. The third kappa shape index (κ3) is 3.86. The van der Waals surface area contributed by atoms with E-state index < -0.39 is 0 Å². The van der Waals surface area contributed by atoms with Gasteiger partial charge >= 0.3 is 0 Å². The molecule has 0 radical (unpaired) electrons. The standard InChI is InChI=1S/C14H24N2O2/c1-4-9-15(12(3)17)11-14(18)16-10-7-6-8-13(16)5-2/h4,13H,1,5-11H2,2-3H3. The normalized spacial score (nSPS) is 19.4. The van der Waals surface area contributed by atoms with Crippen LogP contribution in [0.25, 0.3) is 0 Å².